The second-order valence-electron chi connectivity index (χ2n) is 4.14. The fourth-order valence-corrected chi connectivity index (χ4v) is 2.09. The molecule has 0 spiro atoms. The summed E-state index contributed by atoms with van der Waals surface area (Å²) in [6, 6.07) is 6.62. The summed E-state index contributed by atoms with van der Waals surface area (Å²) in [4.78, 5) is 4.20. The van der Waals surface area contributed by atoms with Gasteiger partial charge in [-0.1, -0.05) is 6.07 Å². The molecular formula is C14H13BrFNO. The van der Waals surface area contributed by atoms with E-state index in [1.165, 1.54) is 12.1 Å². The Morgan fingerprint density at radius 2 is 2.00 bits per heavy atom. The van der Waals surface area contributed by atoms with Crippen LogP contribution in [0.4, 0.5) is 4.39 Å². The highest BCUT2D eigenvalue weighted by Crippen LogP contribution is 2.20. The van der Waals surface area contributed by atoms with Crippen LogP contribution in [0.1, 0.15) is 16.7 Å². The average molecular weight is 310 g/mol. The Labute approximate surface area is 114 Å². The summed E-state index contributed by atoms with van der Waals surface area (Å²) in [7, 11) is 0. The smallest absolute Gasteiger partial charge is 0.216 e. The minimum atomic E-state index is -0.228. The number of hydrogen-bond donors (Lipinski definition) is 0. The summed E-state index contributed by atoms with van der Waals surface area (Å²) in [6.07, 6.45) is 1.69. The zero-order valence-electron chi connectivity index (χ0n) is 10.2. The summed E-state index contributed by atoms with van der Waals surface area (Å²) < 4.78 is 19.5. The number of pyridine rings is 1. The van der Waals surface area contributed by atoms with Gasteiger partial charge in [-0.25, -0.2) is 9.37 Å². The molecule has 94 valence electrons. The molecule has 0 N–H and O–H groups in total. The largest absolute Gasteiger partial charge is 0.473 e. The Morgan fingerprint density at radius 3 is 2.67 bits per heavy atom. The Bertz CT molecular complexity index is 520. The summed E-state index contributed by atoms with van der Waals surface area (Å²) in [5, 5.41) is 0. The number of nitrogens with zero attached hydrogens (tertiary/aromatic N) is 1. The lowest BCUT2D eigenvalue weighted by molar-refractivity contribution is 0.290. The molecule has 1 aromatic carbocycles. The van der Waals surface area contributed by atoms with E-state index in [1.54, 1.807) is 12.3 Å². The third kappa shape index (κ3) is 3.07. The molecule has 0 aliphatic heterocycles. The van der Waals surface area contributed by atoms with Crippen LogP contribution < -0.4 is 4.74 Å². The van der Waals surface area contributed by atoms with Crippen LogP contribution in [0.2, 0.25) is 0 Å². The highest BCUT2D eigenvalue weighted by atomic mass is 79.9. The highest BCUT2D eigenvalue weighted by molar-refractivity contribution is 9.10. The van der Waals surface area contributed by atoms with Crippen LogP contribution in [0.5, 0.6) is 5.88 Å². The van der Waals surface area contributed by atoms with Gasteiger partial charge in [0.2, 0.25) is 5.88 Å². The van der Waals surface area contributed by atoms with E-state index >= 15 is 0 Å². The van der Waals surface area contributed by atoms with E-state index in [1.807, 2.05) is 19.9 Å². The van der Waals surface area contributed by atoms with Crippen molar-refractivity contribution in [2.45, 2.75) is 20.5 Å². The SMILES string of the molecule is Cc1cc(F)ccc1COc1ncc(Br)cc1C. The van der Waals surface area contributed by atoms with Gasteiger partial charge in [-0.2, -0.15) is 0 Å². The maximum Gasteiger partial charge on any atom is 0.216 e. The van der Waals surface area contributed by atoms with Crippen molar-refractivity contribution in [3.63, 3.8) is 0 Å². The van der Waals surface area contributed by atoms with E-state index in [2.05, 4.69) is 20.9 Å². The summed E-state index contributed by atoms with van der Waals surface area (Å²) in [5.74, 6) is 0.371. The average Bonchev–Trinajstić information content (AvgIpc) is 2.30. The van der Waals surface area contributed by atoms with Crippen molar-refractivity contribution < 1.29 is 9.13 Å². The maximum absolute atomic E-state index is 13.0. The molecule has 0 radical (unpaired) electrons. The van der Waals surface area contributed by atoms with E-state index in [0.29, 0.717) is 12.5 Å². The van der Waals surface area contributed by atoms with Gasteiger partial charge in [-0.05, 0) is 59.1 Å². The van der Waals surface area contributed by atoms with Crippen LogP contribution in [-0.4, -0.2) is 4.98 Å². The van der Waals surface area contributed by atoms with Gasteiger partial charge in [0.15, 0.2) is 0 Å². The lowest BCUT2D eigenvalue weighted by Crippen LogP contribution is -2.01. The lowest BCUT2D eigenvalue weighted by atomic mass is 10.1. The van der Waals surface area contributed by atoms with E-state index in [9.17, 15) is 4.39 Å². The molecule has 0 bridgehead atoms. The molecule has 0 saturated carbocycles. The second kappa shape index (κ2) is 5.48. The molecule has 4 heteroatoms. The van der Waals surface area contributed by atoms with E-state index in [-0.39, 0.29) is 5.82 Å². The van der Waals surface area contributed by atoms with Crippen LogP contribution in [-0.2, 0) is 6.61 Å². The molecule has 18 heavy (non-hydrogen) atoms. The Morgan fingerprint density at radius 1 is 1.22 bits per heavy atom. The number of aryl methyl sites for hydroxylation is 2. The molecule has 2 nitrogen and oxygen atoms in total. The first-order chi connectivity index (χ1) is 8.56. The van der Waals surface area contributed by atoms with E-state index in [0.717, 1.165) is 21.2 Å². The Balaban J connectivity index is 2.11. The first kappa shape index (κ1) is 13.0. The maximum atomic E-state index is 13.0. The topological polar surface area (TPSA) is 22.1 Å². The van der Waals surface area contributed by atoms with Crippen molar-refractivity contribution in [1.29, 1.82) is 0 Å². The molecule has 0 unspecified atom stereocenters. The van der Waals surface area contributed by atoms with Crippen molar-refractivity contribution in [3.05, 3.63) is 57.4 Å². The predicted molar refractivity (Wildman–Crippen MR) is 72.1 cm³/mol. The molecule has 0 saturated heterocycles. The predicted octanol–water partition coefficient (Wildman–Crippen LogP) is 4.18. The van der Waals surface area contributed by atoms with Crippen molar-refractivity contribution in [2.75, 3.05) is 0 Å². The van der Waals surface area contributed by atoms with Gasteiger partial charge in [0.1, 0.15) is 12.4 Å². The lowest BCUT2D eigenvalue weighted by Gasteiger charge is -2.10. The minimum absolute atomic E-state index is 0.228. The standard InChI is InChI=1S/C14H13BrFNO/c1-9-6-13(16)4-3-11(9)8-18-14-10(2)5-12(15)7-17-14/h3-7H,8H2,1-2H3. The number of rotatable bonds is 3. The number of aromatic nitrogens is 1. The van der Waals surface area contributed by atoms with E-state index < -0.39 is 0 Å². The number of halogens is 2. The summed E-state index contributed by atoms with van der Waals surface area (Å²) in [6.45, 7) is 4.19. The van der Waals surface area contributed by atoms with Crippen molar-refractivity contribution in [1.82, 2.24) is 4.98 Å². The van der Waals surface area contributed by atoms with Crippen LogP contribution in [0.3, 0.4) is 0 Å². The minimum Gasteiger partial charge on any atom is -0.473 e. The number of hydrogen-bond acceptors (Lipinski definition) is 2. The first-order valence-electron chi connectivity index (χ1n) is 5.56. The van der Waals surface area contributed by atoms with Gasteiger partial charge in [-0.3, -0.25) is 0 Å². The van der Waals surface area contributed by atoms with Crippen LogP contribution >= 0.6 is 15.9 Å². The normalized spacial score (nSPS) is 10.4. The highest BCUT2D eigenvalue weighted by Gasteiger charge is 2.05. The quantitative estimate of drug-likeness (QED) is 0.848. The fourth-order valence-electron chi connectivity index (χ4n) is 1.65. The van der Waals surface area contributed by atoms with Crippen LogP contribution in [0.25, 0.3) is 0 Å². The molecule has 2 rings (SSSR count). The third-order valence-electron chi connectivity index (χ3n) is 2.67. The van der Waals surface area contributed by atoms with Crippen molar-refractivity contribution in [3.8, 4) is 5.88 Å². The van der Waals surface area contributed by atoms with E-state index in [4.69, 9.17) is 4.74 Å². The van der Waals surface area contributed by atoms with Crippen LogP contribution in [0, 0.1) is 19.7 Å². The van der Waals surface area contributed by atoms with Gasteiger partial charge >= 0.3 is 0 Å². The molecule has 1 heterocycles. The molecule has 0 aliphatic carbocycles. The Hall–Kier alpha value is -1.42. The van der Waals surface area contributed by atoms with Gasteiger partial charge in [0, 0.05) is 16.2 Å². The molecule has 0 atom stereocenters. The number of ether oxygens (including phenoxy) is 1. The van der Waals surface area contributed by atoms with Crippen molar-refractivity contribution in [2.24, 2.45) is 0 Å². The zero-order valence-corrected chi connectivity index (χ0v) is 11.8. The third-order valence-corrected chi connectivity index (χ3v) is 3.10. The van der Waals surface area contributed by atoms with Crippen molar-refractivity contribution >= 4 is 15.9 Å². The van der Waals surface area contributed by atoms with Gasteiger partial charge in [-0.15, -0.1) is 0 Å². The van der Waals surface area contributed by atoms with Gasteiger partial charge in [0.25, 0.3) is 0 Å². The zero-order chi connectivity index (χ0) is 13.1. The van der Waals surface area contributed by atoms with Gasteiger partial charge in [0.05, 0.1) is 0 Å². The van der Waals surface area contributed by atoms with Gasteiger partial charge < -0.3 is 4.74 Å². The fraction of sp³-hybridized carbons (Fsp3) is 0.214. The molecule has 0 amide bonds. The molecular weight excluding hydrogens is 297 g/mol. The Kier molecular flexibility index (Phi) is 3.97. The number of benzene rings is 1. The summed E-state index contributed by atoms with van der Waals surface area (Å²) >= 11 is 3.35. The summed E-state index contributed by atoms with van der Waals surface area (Å²) in [5.41, 5.74) is 2.80. The molecule has 0 fully saturated rings. The molecule has 1 aromatic heterocycles. The monoisotopic (exact) mass is 309 g/mol. The molecule has 0 aliphatic rings. The first-order valence-corrected chi connectivity index (χ1v) is 6.35. The second-order valence-corrected chi connectivity index (χ2v) is 5.05. The molecule has 2 aromatic rings. The van der Waals surface area contributed by atoms with Crippen LogP contribution in [0.15, 0.2) is 34.9 Å².